The van der Waals surface area contributed by atoms with Crippen molar-refractivity contribution in [3.63, 3.8) is 0 Å². The van der Waals surface area contributed by atoms with Crippen molar-refractivity contribution in [1.29, 1.82) is 0 Å². The second-order valence-electron chi connectivity index (χ2n) is 6.37. The number of anilines is 2. The molecule has 1 amide bonds. The van der Waals surface area contributed by atoms with Crippen molar-refractivity contribution in [2.45, 2.75) is 11.8 Å². The van der Waals surface area contributed by atoms with Crippen LogP contribution in [0.15, 0.2) is 71.6 Å². The van der Waals surface area contributed by atoms with E-state index in [-0.39, 0.29) is 10.8 Å². The van der Waals surface area contributed by atoms with Gasteiger partial charge in [0.05, 0.1) is 20.6 Å². The number of benzene rings is 3. The lowest BCUT2D eigenvalue weighted by Crippen LogP contribution is -2.27. The minimum Gasteiger partial charge on any atom is -0.322 e. The Bertz CT molecular complexity index is 1170. The SMILES string of the molecule is Cc1cc(C(=O)Nc2ccc(Cl)c(Cl)c2)ccc1N(C)S(=O)(=O)c1ccccc1. The maximum absolute atomic E-state index is 12.8. The predicted molar refractivity (Wildman–Crippen MR) is 118 cm³/mol. The van der Waals surface area contributed by atoms with E-state index in [1.165, 1.54) is 11.4 Å². The molecule has 8 heteroatoms. The summed E-state index contributed by atoms with van der Waals surface area (Å²) in [4.78, 5) is 12.7. The lowest BCUT2D eigenvalue weighted by Gasteiger charge is -2.22. The fourth-order valence-corrected chi connectivity index (χ4v) is 4.39. The smallest absolute Gasteiger partial charge is 0.264 e. The molecule has 3 aromatic carbocycles. The second kappa shape index (κ2) is 8.45. The largest absolute Gasteiger partial charge is 0.322 e. The zero-order valence-corrected chi connectivity index (χ0v) is 18.0. The van der Waals surface area contributed by atoms with Crippen LogP contribution in [0, 0.1) is 6.92 Å². The summed E-state index contributed by atoms with van der Waals surface area (Å²) in [5.41, 5.74) is 2.03. The number of hydrogen-bond donors (Lipinski definition) is 1. The van der Waals surface area contributed by atoms with E-state index in [2.05, 4.69) is 5.32 Å². The Balaban J connectivity index is 1.84. The highest BCUT2D eigenvalue weighted by atomic mass is 35.5. The highest BCUT2D eigenvalue weighted by Crippen LogP contribution is 2.28. The van der Waals surface area contributed by atoms with Crippen LogP contribution in [-0.2, 0) is 10.0 Å². The monoisotopic (exact) mass is 448 g/mol. The molecule has 0 aliphatic rings. The molecule has 29 heavy (non-hydrogen) atoms. The average Bonchev–Trinajstić information content (AvgIpc) is 2.70. The maximum Gasteiger partial charge on any atom is 0.264 e. The van der Waals surface area contributed by atoms with Gasteiger partial charge in [-0.1, -0.05) is 41.4 Å². The molecule has 0 saturated carbocycles. The highest BCUT2D eigenvalue weighted by Gasteiger charge is 2.22. The van der Waals surface area contributed by atoms with Gasteiger partial charge in [0.25, 0.3) is 15.9 Å². The molecule has 0 aliphatic carbocycles. The number of carbonyl (C=O) groups excluding carboxylic acids is 1. The third kappa shape index (κ3) is 4.56. The summed E-state index contributed by atoms with van der Waals surface area (Å²) >= 11 is 11.9. The molecule has 0 spiro atoms. The van der Waals surface area contributed by atoms with Crippen LogP contribution in [0.1, 0.15) is 15.9 Å². The molecule has 0 radical (unpaired) electrons. The van der Waals surface area contributed by atoms with Crippen LogP contribution >= 0.6 is 23.2 Å². The summed E-state index contributed by atoms with van der Waals surface area (Å²) < 4.78 is 26.9. The van der Waals surface area contributed by atoms with E-state index in [1.54, 1.807) is 73.7 Å². The van der Waals surface area contributed by atoms with Gasteiger partial charge in [0.15, 0.2) is 0 Å². The van der Waals surface area contributed by atoms with Crippen LogP contribution in [0.4, 0.5) is 11.4 Å². The number of halogens is 2. The maximum atomic E-state index is 12.8. The normalized spacial score (nSPS) is 11.2. The van der Waals surface area contributed by atoms with Crippen LogP contribution in [0.3, 0.4) is 0 Å². The van der Waals surface area contributed by atoms with Gasteiger partial charge >= 0.3 is 0 Å². The van der Waals surface area contributed by atoms with E-state index in [0.717, 1.165) is 0 Å². The molecule has 0 fully saturated rings. The van der Waals surface area contributed by atoms with Crippen molar-refractivity contribution >= 4 is 50.5 Å². The van der Waals surface area contributed by atoms with Crippen LogP contribution in [0.2, 0.25) is 10.0 Å². The number of nitrogens with zero attached hydrogens (tertiary/aromatic N) is 1. The fourth-order valence-electron chi connectivity index (χ4n) is 2.81. The van der Waals surface area contributed by atoms with Crippen molar-refractivity contribution < 1.29 is 13.2 Å². The van der Waals surface area contributed by atoms with Gasteiger partial charge in [-0.15, -0.1) is 0 Å². The number of aryl methyl sites for hydroxylation is 1. The van der Waals surface area contributed by atoms with Gasteiger partial charge in [-0.05, 0) is 61.0 Å². The Labute approximate surface area is 179 Å². The lowest BCUT2D eigenvalue weighted by atomic mass is 10.1. The lowest BCUT2D eigenvalue weighted by molar-refractivity contribution is 0.102. The molecule has 150 valence electrons. The highest BCUT2D eigenvalue weighted by molar-refractivity contribution is 7.92. The van der Waals surface area contributed by atoms with Gasteiger partial charge in [0, 0.05) is 18.3 Å². The molecule has 0 aromatic heterocycles. The molecule has 0 saturated heterocycles. The van der Waals surface area contributed by atoms with Crippen molar-refractivity contribution in [2.24, 2.45) is 0 Å². The summed E-state index contributed by atoms with van der Waals surface area (Å²) in [7, 11) is -2.21. The molecule has 3 aromatic rings. The number of amides is 1. The van der Waals surface area contributed by atoms with E-state index < -0.39 is 10.0 Å². The van der Waals surface area contributed by atoms with Crippen LogP contribution < -0.4 is 9.62 Å². The minimum atomic E-state index is -3.70. The van der Waals surface area contributed by atoms with E-state index in [4.69, 9.17) is 23.2 Å². The third-order valence-electron chi connectivity index (χ3n) is 4.38. The number of rotatable bonds is 5. The van der Waals surface area contributed by atoms with Crippen molar-refractivity contribution in [2.75, 3.05) is 16.7 Å². The molecule has 3 rings (SSSR count). The molecule has 0 bridgehead atoms. The second-order valence-corrected chi connectivity index (χ2v) is 9.15. The molecule has 0 atom stereocenters. The van der Waals surface area contributed by atoms with Gasteiger partial charge < -0.3 is 5.32 Å². The number of carbonyl (C=O) groups is 1. The molecule has 0 heterocycles. The zero-order chi connectivity index (χ0) is 21.2. The van der Waals surface area contributed by atoms with Crippen molar-refractivity contribution in [1.82, 2.24) is 0 Å². The molecule has 0 unspecified atom stereocenters. The van der Waals surface area contributed by atoms with E-state index in [0.29, 0.717) is 32.5 Å². The first-order chi connectivity index (χ1) is 13.7. The Kier molecular flexibility index (Phi) is 6.17. The Morgan fingerprint density at radius 2 is 1.62 bits per heavy atom. The summed E-state index contributed by atoms with van der Waals surface area (Å²) in [6.45, 7) is 1.75. The first kappa shape index (κ1) is 21.2. The predicted octanol–water partition coefficient (Wildman–Crippen LogP) is 5.38. The first-order valence-electron chi connectivity index (χ1n) is 8.61. The molecule has 5 nitrogen and oxygen atoms in total. The summed E-state index contributed by atoms with van der Waals surface area (Å²) in [6, 6.07) is 17.8. The Morgan fingerprint density at radius 1 is 0.931 bits per heavy atom. The Hall–Kier alpha value is -2.54. The van der Waals surface area contributed by atoms with Crippen LogP contribution in [0.25, 0.3) is 0 Å². The van der Waals surface area contributed by atoms with Gasteiger partial charge in [-0.25, -0.2) is 8.42 Å². The van der Waals surface area contributed by atoms with Gasteiger partial charge in [-0.3, -0.25) is 9.10 Å². The number of hydrogen-bond acceptors (Lipinski definition) is 3. The molecular formula is C21H18Cl2N2O3S. The minimum absolute atomic E-state index is 0.198. The van der Waals surface area contributed by atoms with E-state index in [9.17, 15) is 13.2 Å². The van der Waals surface area contributed by atoms with Gasteiger partial charge in [0.2, 0.25) is 0 Å². The van der Waals surface area contributed by atoms with Crippen molar-refractivity contribution in [3.8, 4) is 0 Å². The average molecular weight is 449 g/mol. The quantitative estimate of drug-likeness (QED) is 0.569. The Morgan fingerprint density at radius 3 is 2.24 bits per heavy atom. The van der Waals surface area contributed by atoms with E-state index >= 15 is 0 Å². The van der Waals surface area contributed by atoms with Crippen LogP contribution in [-0.4, -0.2) is 21.4 Å². The summed E-state index contributed by atoms with van der Waals surface area (Å²) in [5, 5.41) is 3.48. The number of sulfonamides is 1. The number of nitrogens with one attached hydrogen (secondary N) is 1. The topological polar surface area (TPSA) is 66.5 Å². The molecule has 1 N–H and O–H groups in total. The van der Waals surface area contributed by atoms with Crippen LogP contribution in [0.5, 0.6) is 0 Å². The summed E-state index contributed by atoms with van der Waals surface area (Å²) in [6.07, 6.45) is 0. The third-order valence-corrected chi connectivity index (χ3v) is 6.90. The van der Waals surface area contributed by atoms with E-state index in [1.807, 2.05) is 0 Å². The fraction of sp³-hybridized carbons (Fsp3) is 0.0952. The summed E-state index contributed by atoms with van der Waals surface area (Å²) in [5.74, 6) is -0.341. The standard InChI is InChI=1S/C21H18Cl2N2O3S/c1-14-12-15(21(26)24-16-9-10-18(22)19(23)13-16)8-11-20(14)25(2)29(27,28)17-6-4-3-5-7-17/h3-13H,1-2H3,(H,24,26). The zero-order valence-electron chi connectivity index (χ0n) is 15.7. The molecular weight excluding hydrogens is 431 g/mol. The van der Waals surface area contributed by atoms with Crippen molar-refractivity contribution in [3.05, 3.63) is 87.9 Å². The van der Waals surface area contributed by atoms with Gasteiger partial charge in [-0.2, -0.15) is 0 Å². The van der Waals surface area contributed by atoms with Gasteiger partial charge in [0.1, 0.15) is 0 Å². The molecule has 0 aliphatic heterocycles. The first-order valence-corrected chi connectivity index (χ1v) is 10.8.